The fourth-order valence-corrected chi connectivity index (χ4v) is 2.23. The van der Waals surface area contributed by atoms with Crippen LogP contribution in [0.5, 0.6) is 0 Å². The zero-order valence-corrected chi connectivity index (χ0v) is 8.88. The minimum Gasteiger partial charge on any atom is -0.353 e. The molecule has 78 valence electrons. The van der Waals surface area contributed by atoms with E-state index in [0.717, 1.165) is 5.56 Å². The van der Waals surface area contributed by atoms with Crippen molar-refractivity contribution in [1.82, 2.24) is 10.6 Å². The van der Waals surface area contributed by atoms with Crippen LogP contribution < -0.4 is 10.6 Å². The molecular weight excluding hydrogens is 210 g/mol. The Labute approximate surface area is 91.4 Å². The molecule has 1 amide bonds. The van der Waals surface area contributed by atoms with E-state index in [1.54, 1.807) is 11.3 Å². The van der Waals surface area contributed by atoms with E-state index in [4.69, 9.17) is 0 Å². The van der Waals surface area contributed by atoms with Gasteiger partial charge in [-0.2, -0.15) is 11.3 Å². The number of nitrogens with one attached hydrogen (secondary N) is 2. The molecule has 5 heteroatoms. The van der Waals surface area contributed by atoms with Gasteiger partial charge in [0.25, 0.3) is 5.91 Å². The molecule has 2 heterocycles. The van der Waals surface area contributed by atoms with Gasteiger partial charge in [-0.15, -0.1) is 0 Å². The van der Waals surface area contributed by atoms with Crippen molar-refractivity contribution in [2.24, 2.45) is 4.99 Å². The molecule has 1 saturated carbocycles. The molecule has 1 fully saturated rings. The summed E-state index contributed by atoms with van der Waals surface area (Å²) < 4.78 is 0. The SMILES string of the molecule is O=C1NC(NC2CC2)=NC1c1ccsc1. The van der Waals surface area contributed by atoms with Gasteiger partial charge in [0.1, 0.15) is 0 Å². The van der Waals surface area contributed by atoms with E-state index in [9.17, 15) is 4.79 Å². The minimum absolute atomic E-state index is 0.0310. The Morgan fingerprint density at radius 2 is 2.40 bits per heavy atom. The van der Waals surface area contributed by atoms with Crippen molar-refractivity contribution in [1.29, 1.82) is 0 Å². The molecule has 2 N–H and O–H groups in total. The smallest absolute Gasteiger partial charge is 0.256 e. The van der Waals surface area contributed by atoms with Crippen molar-refractivity contribution in [3.8, 4) is 0 Å². The van der Waals surface area contributed by atoms with Gasteiger partial charge >= 0.3 is 0 Å². The van der Waals surface area contributed by atoms with Gasteiger partial charge in [-0.25, -0.2) is 4.99 Å². The predicted octanol–water partition coefficient (Wildman–Crippen LogP) is 1.03. The van der Waals surface area contributed by atoms with Crippen LogP contribution in [-0.4, -0.2) is 17.9 Å². The van der Waals surface area contributed by atoms with Gasteiger partial charge in [0, 0.05) is 6.04 Å². The number of hydrogen-bond acceptors (Lipinski definition) is 4. The second-order valence-corrected chi connectivity index (χ2v) is 4.62. The van der Waals surface area contributed by atoms with Crippen molar-refractivity contribution >= 4 is 23.2 Å². The third kappa shape index (κ3) is 1.74. The van der Waals surface area contributed by atoms with Crippen molar-refractivity contribution in [3.63, 3.8) is 0 Å². The van der Waals surface area contributed by atoms with Gasteiger partial charge in [0.05, 0.1) is 0 Å². The largest absolute Gasteiger partial charge is 0.353 e. The molecule has 1 aromatic heterocycles. The first kappa shape index (κ1) is 8.91. The van der Waals surface area contributed by atoms with Crippen molar-refractivity contribution < 1.29 is 4.79 Å². The number of hydrogen-bond donors (Lipinski definition) is 2. The molecule has 0 radical (unpaired) electrons. The fourth-order valence-electron chi connectivity index (χ4n) is 1.56. The highest BCUT2D eigenvalue weighted by molar-refractivity contribution is 7.08. The maximum absolute atomic E-state index is 11.6. The molecule has 0 saturated heterocycles. The van der Waals surface area contributed by atoms with Gasteiger partial charge in [0.15, 0.2) is 12.0 Å². The monoisotopic (exact) mass is 221 g/mol. The Hall–Kier alpha value is -1.36. The lowest BCUT2D eigenvalue weighted by atomic mass is 10.1. The highest BCUT2D eigenvalue weighted by atomic mass is 32.1. The molecule has 0 spiro atoms. The average molecular weight is 221 g/mol. The Bertz CT molecular complexity index is 408. The summed E-state index contributed by atoms with van der Waals surface area (Å²) in [6, 6.07) is 2.11. The number of nitrogens with zero attached hydrogens (tertiary/aromatic N) is 1. The van der Waals surface area contributed by atoms with E-state index in [1.165, 1.54) is 12.8 Å². The van der Waals surface area contributed by atoms with E-state index < -0.39 is 0 Å². The summed E-state index contributed by atoms with van der Waals surface area (Å²) in [5, 5.41) is 9.89. The first-order chi connectivity index (χ1) is 7.33. The van der Waals surface area contributed by atoms with E-state index in [1.807, 2.05) is 16.8 Å². The van der Waals surface area contributed by atoms with Crippen LogP contribution in [0.4, 0.5) is 0 Å². The molecule has 1 aromatic rings. The standard InChI is InChI=1S/C10H11N3OS/c14-9-8(6-3-4-15-5-6)12-10(13-9)11-7-1-2-7/h3-5,7-8H,1-2H2,(H2,11,12,13,14). The number of carbonyl (C=O) groups is 1. The van der Waals surface area contributed by atoms with E-state index in [0.29, 0.717) is 12.0 Å². The number of aliphatic imine (C=N–C) groups is 1. The molecular formula is C10H11N3OS. The summed E-state index contributed by atoms with van der Waals surface area (Å²) in [6.07, 6.45) is 2.36. The summed E-state index contributed by atoms with van der Waals surface area (Å²) in [5.74, 6) is 0.607. The third-order valence-corrected chi connectivity index (χ3v) is 3.23. The molecule has 0 bridgehead atoms. The molecule has 1 atom stereocenters. The lowest BCUT2D eigenvalue weighted by molar-refractivity contribution is -0.120. The van der Waals surface area contributed by atoms with E-state index in [-0.39, 0.29) is 11.9 Å². The highest BCUT2D eigenvalue weighted by Gasteiger charge is 2.31. The zero-order valence-electron chi connectivity index (χ0n) is 8.06. The zero-order chi connectivity index (χ0) is 10.3. The second kappa shape index (κ2) is 3.34. The molecule has 15 heavy (non-hydrogen) atoms. The van der Waals surface area contributed by atoms with Crippen LogP contribution in [0, 0.1) is 0 Å². The van der Waals surface area contributed by atoms with E-state index in [2.05, 4.69) is 15.6 Å². The molecule has 4 nitrogen and oxygen atoms in total. The summed E-state index contributed by atoms with van der Waals surface area (Å²) >= 11 is 1.59. The number of thiophene rings is 1. The predicted molar refractivity (Wildman–Crippen MR) is 58.8 cm³/mol. The molecule has 2 aliphatic rings. The van der Waals surface area contributed by atoms with Crippen molar-refractivity contribution in [2.45, 2.75) is 24.9 Å². The lowest BCUT2D eigenvalue weighted by Crippen LogP contribution is -2.37. The number of amides is 1. The van der Waals surface area contributed by atoms with Gasteiger partial charge in [0.2, 0.25) is 0 Å². The van der Waals surface area contributed by atoms with Crippen LogP contribution in [0.15, 0.2) is 21.8 Å². The van der Waals surface area contributed by atoms with Crippen LogP contribution in [0.3, 0.4) is 0 Å². The topological polar surface area (TPSA) is 53.5 Å². The maximum atomic E-state index is 11.6. The summed E-state index contributed by atoms with van der Waals surface area (Å²) in [4.78, 5) is 16.0. The molecule has 3 rings (SSSR count). The van der Waals surface area contributed by atoms with Crippen LogP contribution in [0.2, 0.25) is 0 Å². The summed E-state index contributed by atoms with van der Waals surface area (Å²) in [6.45, 7) is 0. The Morgan fingerprint density at radius 3 is 3.07 bits per heavy atom. The Kier molecular flexibility index (Phi) is 1.98. The van der Waals surface area contributed by atoms with Crippen LogP contribution in [0.25, 0.3) is 0 Å². The summed E-state index contributed by atoms with van der Waals surface area (Å²) in [5.41, 5.74) is 0.977. The normalized spacial score (nSPS) is 24.9. The van der Waals surface area contributed by atoms with Gasteiger partial charge in [-0.1, -0.05) is 0 Å². The molecule has 0 aromatic carbocycles. The van der Waals surface area contributed by atoms with Gasteiger partial charge < -0.3 is 5.32 Å². The quantitative estimate of drug-likeness (QED) is 0.783. The Balaban J connectivity index is 1.78. The first-order valence-electron chi connectivity index (χ1n) is 5.00. The molecule has 1 unspecified atom stereocenters. The second-order valence-electron chi connectivity index (χ2n) is 3.84. The van der Waals surface area contributed by atoms with Crippen molar-refractivity contribution in [2.75, 3.05) is 0 Å². The Morgan fingerprint density at radius 1 is 1.53 bits per heavy atom. The number of carbonyl (C=O) groups excluding carboxylic acids is 1. The fraction of sp³-hybridized carbons (Fsp3) is 0.400. The highest BCUT2D eigenvalue weighted by Crippen LogP contribution is 2.24. The van der Waals surface area contributed by atoms with E-state index >= 15 is 0 Å². The molecule has 1 aliphatic heterocycles. The summed E-state index contributed by atoms with van der Waals surface area (Å²) in [7, 11) is 0. The van der Waals surface area contributed by atoms with Gasteiger partial charge in [-0.3, -0.25) is 10.1 Å². The van der Waals surface area contributed by atoms with Gasteiger partial charge in [-0.05, 0) is 35.2 Å². The van der Waals surface area contributed by atoms with Crippen LogP contribution in [-0.2, 0) is 4.79 Å². The molecule has 1 aliphatic carbocycles. The average Bonchev–Trinajstić information content (AvgIpc) is 2.76. The lowest BCUT2D eigenvalue weighted by Gasteiger charge is -2.01. The number of guanidine groups is 1. The third-order valence-electron chi connectivity index (χ3n) is 2.53. The van der Waals surface area contributed by atoms with Crippen LogP contribution >= 0.6 is 11.3 Å². The van der Waals surface area contributed by atoms with Crippen molar-refractivity contribution in [3.05, 3.63) is 22.4 Å². The minimum atomic E-state index is -0.350. The first-order valence-corrected chi connectivity index (χ1v) is 5.94. The number of rotatable bonds is 2. The van der Waals surface area contributed by atoms with Crippen LogP contribution in [0.1, 0.15) is 24.4 Å². The maximum Gasteiger partial charge on any atom is 0.256 e.